The standard InChI is InChI=1S/C25H32FN3O3/c1-3-30-21-16-25(26,17-22(31-4-2)23(21)19-8-6-5-7-9-19)18-29-13-10-20(11-14-29)28-24-27-12-15-32-24/h5-9,12,15-16,20H,3-4,10-11,13-14,17-18H2,1-2H3,(H,27,28). The van der Waals surface area contributed by atoms with Crippen molar-refractivity contribution in [1.82, 2.24) is 9.88 Å². The van der Waals surface area contributed by atoms with Crippen molar-refractivity contribution in [3.05, 3.63) is 65.9 Å². The third-order valence-corrected chi connectivity index (χ3v) is 5.88. The molecule has 1 saturated heterocycles. The molecule has 0 saturated carbocycles. The molecule has 0 bridgehead atoms. The Morgan fingerprint density at radius 1 is 1.16 bits per heavy atom. The Kier molecular flexibility index (Phi) is 7.15. The predicted molar refractivity (Wildman–Crippen MR) is 123 cm³/mol. The van der Waals surface area contributed by atoms with Crippen molar-refractivity contribution in [2.45, 2.75) is 44.8 Å². The molecule has 1 aromatic heterocycles. The van der Waals surface area contributed by atoms with Gasteiger partial charge in [-0.3, -0.25) is 4.90 Å². The average molecular weight is 442 g/mol. The summed E-state index contributed by atoms with van der Waals surface area (Å²) in [6.45, 7) is 6.73. The lowest BCUT2D eigenvalue weighted by Crippen LogP contribution is -2.46. The Balaban J connectivity index is 1.47. The molecular formula is C25H32FN3O3. The van der Waals surface area contributed by atoms with Crippen LogP contribution in [0.3, 0.4) is 0 Å². The van der Waals surface area contributed by atoms with Gasteiger partial charge in [0.25, 0.3) is 6.01 Å². The molecule has 1 unspecified atom stereocenters. The number of nitrogens with zero attached hydrogens (tertiary/aromatic N) is 2. The van der Waals surface area contributed by atoms with Crippen molar-refractivity contribution < 1.29 is 18.3 Å². The van der Waals surface area contributed by atoms with E-state index in [0.717, 1.165) is 37.1 Å². The lowest BCUT2D eigenvalue weighted by molar-refractivity contribution is 0.0872. The number of alkyl halides is 1. The molecule has 0 amide bonds. The summed E-state index contributed by atoms with van der Waals surface area (Å²) in [5.74, 6) is 1.23. The fourth-order valence-corrected chi connectivity index (χ4v) is 4.50. The number of nitrogens with one attached hydrogen (secondary N) is 1. The van der Waals surface area contributed by atoms with E-state index >= 15 is 4.39 Å². The first-order valence-corrected chi connectivity index (χ1v) is 11.4. The van der Waals surface area contributed by atoms with Crippen LogP contribution in [-0.2, 0) is 9.47 Å². The van der Waals surface area contributed by atoms with Crippen molar-refractivity contribution in [3.8, 4) is 0 Å². The molecule has 172 valence electrons. The maximum absolute atomic E-state index is 16.2. The van der Waals surface area contributed by atoms with Crippen molar-refractivity contribution in [2.24, 2.45) is 0 Å². The number of benzene rings is 1. The Hall–Kier alpha value is -2.80. The van der Waals surface area contributed by atoms with Crippen LogP contribution >= 0.6 is 0 Å². The van der Waals surface area contributed by atoms with E-state index in [4.69, 9.17) is 13.9 Å². The van der Waals surface area contributed by atoms with Gasteiger partial charge in [-0.1, -0.05) is 30.3 Å². The fraction of sp³-hybridized carbons (Fsp3) is 0.480. The van der Waals surface area contributed by atoms with E-state index in [1.54, 1.807) is 18.5 Å². The van der Waals surface area contributed by atoms with Crippen LogP contribution in [0.5, 0.6) is 0 Å². The minimum absolute atomic E-state index is 0.204. The summed E-state index contributed by atoms with van der Waals surface area (Å²) in [4.78, 5) is 6.31. The van der Waals surface area contributed by atoms with Gasteiger partial charge in [0.15, 0.2) is 5.67 Å². The van der Waals surface area contributed by atoms with Crippen molar-refractivity contribution in [2.75, 3.05) is 38.2 Å². The first kappa shape index (κ1) is 22.4. The van der Waals surface area contributed by atoms with E-state index in [1.807, 2.05) is 44.2 Å². The first-order valence-electron chi connectivity index (χ1n) is 11.4. The Morgan fingerprint density at radius 2 is 1.91 bits per heavy atom. The van der Waals surface area contributed by atoms with E-state index in [2.05, 4.69) is 15.2 Å². The second-order valence-corrected chi connectivity index (χ2v) is 8.28. The number of ether oxygens (including phenoxy) is 2. The van der Waals surface area contributed by atoms with Crippen molar-refractivity contribution >= 4 is 11.6 Å². The number of piperidine rings is 1. The molecule has 1 aliphatic carbocycles. The highest BCUT2D eigenvalue weighted by atomic mass is 19.1. The van der Waals surface area contributed by atoms with Crippen molar-refractivity contribution in [3.63, 3.8) is 0 Å². The number of hydrogen-bond acceptors (Lipinski definition) is 6. The van der Waals surface area contributed by atoms with Crippen LogP contribution in [0.25, 0.3) is 5.57 Å². The molecule has 6 nitrogen and oxygen atoms in total. The summed E-state index contributed by atoms with van der Waals surface area (Å²) in [6.07, 6.45) is 6.87. The second kappa shape index (κ2) is 10.2. The molecule has 0 spiro atoms. The Labute approximate surface area is 189 Å². The molecule has 1 atom stereocenters. The van der Waals surface area contributed by atoms with Crippen LogP contribution in [0.15, 0.2) is 64.8 Å². The van der Waals surface area contributed by atoms with Gasteiger partial charge < -0.3 is 19.2 Å². The zero-order valence-electron chi connectivity index (χ0n) is 18.9. The molecule has 7 heteroatoms. The number of allylic oxidation sites excluding steroid dienone is 2. The van der Waals surface area contributed by atoms with Gasteiger partial charge in [0.05, 0.1) is 25.0 Å². The zero-order chi connectivity index (χ0) is 22.4. The lowest BCUT2D eigenvalue weighted by atomic mass is 9.86. The lowest BCUT2D eigenvalue weighted by Gasteiger charge is -2.38. The number of aromatic nitrogens is 1. The molecule has 1 aromatic carbocycles. The highest BCUT2D eigenvalue weighted by Gasteiger charge is 2.39. The number of halogens is 1. The molecule has 4 rings (SSSR count). The molecular weight excluding hydrogens is 409 g/mol. The zero-order valence-corrected chi connectivity index (χ0v) is 18.9. The molecule has 2 aliphatic rings. The average Bonchev–Trinajstić information content (AvgIpc) is 3.29. The van der Waals surface area contributed by atoms with Crippen LogP contribution < -0.4 is 5.32 Å². The summed E-state index contributed by atoms with van der Waals surface area (Å²) < 4.78 is 33.4. The smallest absolute Gasteiger partial charge is 0.294 e. The van der Waals surface area contributed by atoms with Crippen LogP contribution in [0.1, 0.15) is 38.7 Å². The van der Waals surface area contributed by atoms with E-state index in [9.17, 15) is 0 Å². The number of rotatable bonds is 9. The molecule has 32 heavy (non-hydrogen) atoms. The second-order valence-electron chi connectivity index (χ2n) is 8.28. The van der Waals surface area contributed by atoms with E-state index < -0.39 is 5.67 Å². The highest BCUT2D eigenvalue weighted by Crippen LogP contribution is 2.41. The minimum Gasteiger partial charge on any atom is -0.497 e. The van der Waals surface area contributed by atoms with Crippen LogP contribution in [0.4, 0.5) is 10.4 Å². The van der Waals surface area contributed by atoms with Crippen LogP contribution in [0.2, 0.25) is 0 Å². The molecule has 1 fully saturated rings. The minimum atomic E-state index is -1.55. The summed E-state index contributed by atoms with van der Waals surface area (Å²) in [5.41, 5.74) is 0.295. The van der Waals surface area contributed by atoms with Gasteiger partial charge in [0.2, 0.25) is 0 Å². The van der Waals surface area contributed by atoms with Crippen LogP contribution in [-0.4, -0.2) is 54.4 Å². The molecule has 1 aliphatic heterocycles. The van der Waals surface area contributed by atoms with Gasteiger partial charge in [0, 0.05) is 32.1 Å². The highest BCUT2D eigenvalue weighted by molar-refractivity contribution is 5.80. The largest absolute Gasteiger partial charge is 0.497 e. The molecule has 0 radical (unpaired) electrons. The number of anilines is 1. The monoisotopic (exact) mass is 441 g/mol. The van der Waals surface area contributed by atoms with Crippen LogP contribution in [0, 0.1) is 0 Å². The SMILES string of the molecule is CCOC1=CC(F)(CN2CCC(Nc3ncco3)CC2)CC(OCC)=C1c1ccccc1. The van der Waals surface area contributed by atoms with E-state index in [1.165, 1.54) is 0 Å². The summed E-state index contributed by atoms with van der Waals surface area (Å²) in [6, 6.07) is 10.8. The topological polar surface area (TPSA) is 59.8 Å². The van der Waals surface area contributed by atoms with Gasteiger partial charge in [0.1, 0.15) is 17.8 Å². The number of hydrogen-bond donors (Lipinski definition) is 1. The molecule has 1 N–H and O–H groups in total. The predicted octanol–water partition coefficient (Wildman–Crippen LogP) is 5.03. The van der Waals surface area contributed by atoms with Gasteiger partial charge in [-0.15, -0.1) is 0 Å². The van der Waals surface area contributed by atoms with Gasteiger partial charge in [-0.2, -0.15) is 0 Å². The van der Waals surface area contributed by atoms with Gasteiger partial charge >= 0.3 is 0 Å². The van der Waals surface area contributed by atoms with Gasteiger partial charge in [-0.25, -0.2) is 9.37 Å². The number of oxazole rings is 1. The summed E-state index contributed by atoms with van der Waals surface area (Å²) >= 11 is 0. The Morgan fingerprint density at radius 3 is 2.56 bits per heavy atom. The third-order valence-electron chi connectivity index (χ3n) is 5.88. The first-order chi connectivity index (χ1) is 15.6. The third kappa shape index (κ3) is 5.33. The number of likely N-dealkylation sites (tertiary alicyclic amines) is 1. The molecule has 2 aromatic rings. The molecule has 2 heterocycles. The maximum atomic E-state index is 16.2. The van der Waals surface area contributed by atoms with E-state index in [-0.39, 0.29) is 12.5 Å². The fourth-order valence-electron chi connectivity index (χ4n) is 4.50. The summed E-state index contributed by atoms with van der Waals surface area (Å²) in [5, 5.41) is 3.31. The Bertz CT molecular complexity index is 921. The van der Waals surface area contributed by atoms with Crippen molar-refractivity contribution in [1.29, 1.82) is 0 Å². The normalized spacial score (nSPS) is 22.5. The quantitative estimate of drug-likeness (QED) is 0.589. The summed E-state index contributed by atoms with van der Waals surface area (Å²) in [7, 11) is 0. The van der Waals surface area contributed by atoms with Gasteiger partial charge in [-0.05, 0) is 38.3 Å². The van der Waals surface area contributed by atoms with E-state index in [0.29, 0.717) is 37.3 Å². The maximum Gasteiger partial charge on any atom is 0.294 e.